The SMILES string of the molecule is Cl.NC1C2CCC(C2)C1C(=O)NCCc1ccn(-c2ccc(F)cc2)n1. The molecule has 2 aliphatic rings. The van der Waals surface area contributed by atoms with Gasteiger partial charge in [0.15, 0.2) is 0 Å². The maximum Gasteiger partial charge on any atom is 0.224 e. The van der Waals surface area contributed by atoms with Gasteiger partial charge in [-0.05, 0) is 61.4 Å². The topological polar surface area (TPSA) is 72.9 Å². The van der Waals surface area contributed by atoms with Crippen LogP contribution in [-0.4, -0.2) is 28.3 Å². The molecular weight excluding hydrogens is 355 g/mol. The van der Waals surface area contributed by atoms with Gasteiger partial charge in [0.1, 0.15) is 5.82 Å². The first-order valence-electron chi connectivity index (χ1n) is 8.95. The molecule has 1 aromatic heterocycles. The number of amides is 1. The Kier molecular flexibility index (Phi) is 5.63. The summed E-state index contributed by atoms with van der Waals surface area (Å²) in [5.74, 6) is 0.815. The number of hydrogen-bond acceptors (Lipinski definition) is 3. The van der Waals surface area contributed by atoms with Gasteiger partial charge in [0.2, 0.25) is 5.91 Å². The van der Waals surface area contributed by atoms with Gasteiger partial charge in [-0.3, -0.25) is 4.79 Å². The van der Waals surface area contributed by atoms with Gasteiger partial charge in [-0.2, -0.15) is 5.10 Å². The van der Waals surface area contributed by atoms with Gasteiger partial charge in [-0.15, -0.1) is 12.4 Å². The van der Waals surface area contributed by atoms with Crippen molar-refractivity contribution in [3.8, 4) is 5.69 Å². The third kappa shape index (κ3) is 3.62. The number of nitrogens with one attached hydrogen (secondary N) is 1. The molecule has 26 heavy (non-hydrogen) atoms. The minimum atomic E-state index is -0.266. The smallest absolute Gasteiger partial charge is 0.224 e. The van der Waals surface area contributed by atoms with E-state index in [1.807, 2.05) is 12.3 Å². The van der Waals surface area contributed by atoms with Gasteiger partial charge >= 0.3 is 0 Å². The van der Waals surface area contributed by atoms with Gasteiger partial charge in [-0.25, -0.2) is 9.07 Å². The molecule has 3 N–H and O–H groups in total. The standard InChI is InChI=1S/C19H23FN4O.ClH/c20-14-3-5-16(6-4-14)24-10-8-15(23-24)7-9-22-19(25)17-12-1-2-13(11-12)18(17)21;/h3-6,8,10,12-13,17-18H,1-2,7,9,11,21H2,(H,22,25);1H. The predicted octanol–water partition coefficient (Wildman–Crippen LogP) is 2.47. The number of benzene rings is 1. The fourth-order valence-corrected chi connectivity index (χ4v) is 4.39. The van der Waals surface area contributed by atoms with Gasteiger partial charge in [0, 0.05) is 25.2 Å². The monoisotopic (exact) mass is 378 g/mol. The molecule has 1 heterocycles. The zero-order chi connectivity index (χ0) is 17.4. The highest BCUT2D eigenvalue weighted by atomic mass is 35.5. The quantitative estimate of drug-likeness (QED) is 0.839. The highest BCUT2D eigenvalue weighted by molar-refractivity contribution is 5.85. The average molecular weight is 379 g/mol. The number of nitrogens with zero attached hydrogens (tertiary/aromatic N) is 2. The van der Waals surface area contributed by atoms with Crippen molar-refractivity contribution in [1.29, 1.82) is 0 Å². The molecule has 1 amide bonds. The first kappa shape index (κ1) is 18.9. The van der Waals surface area contributed by atoms with Gasteiger partial charge in [0.05, 0.1) is 17.3 Å². The van der Waals surface area contributed by atoms with Crippen LogP contribution >= 0.6 is 12.4 Å². The molecule has 0 radical (unpaired) electrons. The predicted molar refractivity (Wildman–Crippen MR) is 99.8 cm³/mol. The van der Waals surface area contributed by atoms with E-state index in [2.05, 4.69) is 10.4 Å². The number of halogens is 2. The lowest BCUT2D eigenvalue weighted by Gasteiger charge is -2.26. The molecule has 2 aromatic rings. The number of carbonyl (C=O) groups is 1. The maximum atomic E-state index is 13.0. The van der Waals surface area contributed by atoms with Crippen molar-refractivity contribution in [1.82, 2.24) is 15.1 Å². The van der Waals surface area contributed by atoms with Crippen molar-refractivity contribution in [3.05, 3.63) is 48.0 Å². The van der Waals surface area contributed by atoms with E-state index in [-0.39, 0.29) is 36.1 Å². The Bertz CT molecular complexity index is 761. The van der Waals surface area contributed by atoms with Crippen LogP contribution in [-0.2, 0) is 11.2 Å². The molecule has 2 bridgehead atoms. The molecule has 4 unspecified atom stereocenters. The molecule has 0 saturated heterocycles. The zero-order valence-electron chi connectivity index (χ0n) is 14.5. The van der Waals surface area contributed by atoms with Crippen LogP contribution in [0.5, 0.6) is 0 Å². The van der Waals surface area contributed by atoms with Crippen molar-refractivity contribution in [3.63, 3.8) is 0 Å². The maximum absolute atomic E-state index is 13.0. The van der Waals surface area contributed by atoms with E-state index in [1.54, 1.807) is 16.8 Å². The number of hydrogen-bond donors (Lipinski definition) is 2. The summed E-state index contributed by atoms with van der Waals surface area (Å²) < 4.78 is 14.7. The van der Waals surface area contributed by atoms with Crippen LogP contribution < -0.4 is 11.1 Å². The summed E-state index contributed by atoms with van der Waals surface area (Å²) in [7, 11) is 0. The van der Waals surface area contributed by atoms with Gasteiger partial charge in [-0.1, -0.05) is 0 Å². The number of fused-ring (bicyclic) bond motifs is 2. The first-order chi connectivity index (χ1) is 12.1. The molecule has 1 aromatic carbocycles. The third-order valence-corrected chi connectivity index (χ3v) is 5.70. The summed E-state index contributed by atoms with van der Waals surface area (Å²) in [5, 5.41) is 7.50. The highest BCUT2D eigenvalue weighted by Crippen LogP contribution is 2.47. The molecule has 2 fully saturated rings. The van der Waals surface area contributed by atoms with E-state index in [4.69, 9.17) is 5.73 Å². The number of rotatable bonds is 5. The minimum Gasteiger partial charge on any atom is -0.355 e. The fraction of sp³-hybridized carbons (Fsp3) is 0.474. The Labute approximate surface area is 158 Å². The fourth-order valence-electron chi connectivity index (χ4n) is 4.39. The lowest BCUT2D eigenvalue weighted by molar-refractivity contribution is -0.127. The van der Waals surface area contributed by atoms with Gasteiger partial charge < -0.3 is 11.1 Å². The Morgan fingerprint density at radius 1 is 1.23 bits per heavy atom. The summed E-state index contributed by atoms with van der Waals surface area (Å²) in [5.41, 5.74) is 7.92. The summed E-state index contributed by atoms with van der Waals surface area (Å²) in [6, 6.07) is 8.13. The normalized spacial score (nSPS) is 26.5. The summed E-state index contributed by atoms with van der Waals surface area (Å²) in [6.45, 7) is 0.555. The van der Waals surface area contributed by atoms with Crippen molar-refractivity contribution < 1.29 is 9.18 Å². The second-order valence-electron chi connectivity index (χ2n) is 7.21. The molecule has 140 valence electrons. The lowest BCUT2D eigenvalue weighted by atomic mass is 9.84. The summed E-state index contributed by atoms with van der Waals surface area (Å²) in [6.07, 6.45) is 5.93. The molecular formula is C19H24ClFN4O. The average Bonchev–Trinajstić information content (AvgIpc) is 3.31. The minimum absolute atomic E-state index is 0. The van der Waals surface area contributed by atoms with Crippen LogP contribution in [0.4, 0.5) is 4.39 Å². The van der Waals surface area contributed by atoms with Gasteiger partial charge in [0.25, 0.3) is 0 Å². The van der Waals surface area contributed by atoms with E-state index in [0.717, 1.165) is 24.2 Å². The Morgan fingerprint density at radius 3 is 2.65 bits per heavy atom. The number of aromatic nitrogens is 2. The Hall–Kier alpha value is -1.92. The highest BCUT2D eigenvalue weighted by Gasteiger charge is 2.48. The van der Waals surface area contributed by atoms with Crippen LogP contribution in [0, 0.1) is 23.6 Å². The second-order valence-corrected chi connectivity index (χ2v) is 7.21. The van der Waals surface area contributed by atoms with Crippen molar-refractivity contribution in [2.45, 2.75) is 31.7 Å². The Balaban J connectivity index is 0.00000196. The van der Waals surface area contributed by atoms with Crippen LogP contribution in [0.15, 0.2) is 36.5 Å². The summed E-state index contributed by atoms with van der Waals surface area (Å²) in [4.78, 5) is 12.4. The molecule has 4 rings (SSSR count). The van der Waals surface area contributed by atoms with Crippen molar-refractivity contribution >= 4 is 18.3 Å². The molecule has 2 aliphatic carbocycles. The molecule has 0 aliphatic heterocycles. The van der Waals surface area contributed by atoms with Crippen LogP contribution in [0.1, 0.15) is 25.0 Å². The first-order valence-corrected chi connectivity index (χ1v) is 8.95. The van der Waals surface area contributed by atoms with Crippen LogP contribution in [0.25, 0.3) is 5.69 Å². The van der Waals surface area contributed by atoms with Crippen molar-refractivity contribution in [2.24, 2.45) is 23.5 Å². The van der Waals surface area contributed by atoms with E-state index in [0.29, 0.717) is 24.8 Å². The van der Waals surface area contributed by atoms with Crippen LogP contribution in [0.3, 0.4) is 0 Å². The lowest BCUT2D eigenvalue weighted by Crippen LogP contribution is -2.45. The van der Waals surface area contributed by atoms with Crippen molar-refractivity contribution in [2.75, 3.05) is 6.54 Å². The van der Waals surface area contributed by atoms with E-state index >= 15 is 0 Å². The molecule has 4 atom stereocenters. The second kappa shape index (κ2) is 7.76. The van der Waals surface area contributed by atoms with E-state index in [9.17, 15) is 9.18 Å². The molecule has 0 spiro atoms. The molecule has 2 saturated carbocycles. The third-order valence-electron chi connectivity index (χ3n) is 5.70. The molecule has 5 nitrogen and oxygen atoms in total. The van der Waals surface area contributed by atoms with E-state index < -0.39 is 0 Å². The van der Waals surface area contributed by atoms with Crippen LogP contribution in [0.2, 0.25) is 0 Å². The largest absolute Gasteiger partial charge is 0.355 e. The molecule has 7 heteroatoms. The Morgan fingerprint density at radius 2 is 1.96 bits per heavy atom. The summed E-state index contributed by atoms with van der Waals surface area (Å²) >= 11 is 0. The van der Waals surface area contributed by atoms with E-state index in [1.165, 1.54) is 18.6 Å². The number of carbonyl (C=O) groups excluding carboxylic acids is 1. The zero-order valence-corrected chi connectivity index (χ0v) is 15.3. The number of nitrogens with two attached hydrogens (primary N) is 1.